The number of likely N-dealkylation sites (tertiary alicyclic amines) is 2. The number of nitrogens with one attached hydrogen (secondary N) is 11. The van der Waals surface area contributed by atoms with Gasteiger partial charge in [-0.05, 0) is 203 Å². The van der Waals surface area contributed by atoms with Crippen LogP contribution < -0.4 is 64.2 Å². The van der Waals surface area contributed by atoms with Crippen LogP contribution in [0.1, 0.15) is 332 Å². The van der Waals surface area contributed by atoms with E-state index in [0.717, 1.165) is 141 Å². The number of likely N-dealkylation sites (N-methyl/N-ethyl adjacent to an activating group) is 1. The molecule has 12 rings (SSSR count). The van der Waals surface area contributed by atoms with Crippen molar-refractivity contribution < 1.29 is 105 Å². The Morgan fingerprint density at radius 1 is 0.564 bits per heavy atom. The van der Waals surface area contributed by atoms with E-state index in [1.54, 1.807) is 83.9 Å². The van der Waals surface area contributed by atoms with Crippen molar-refractivity contribution in [2.24, 2.45) is 63.9 Å². The van der Waals surface area contributed by atoms with E-state index in [0.29, 0.717) is 70.0 Å². The SMILES string of the molecule is CC(C)C[C@@H](C(=O)NC(CC1CCC1)C(=O)C(N)=O)N1CCCCCC[C@H](NC(=O)N[C@H](C(=O)OC(C)C)C(C)(C)C)C1=O.CCC[C@H](NC(=O)[C@@H]1[C@H]2CCC[C@H]2CN1C(=O)[C@@H](NC(=O)[C@@H](NC(=O)c1cnccn1)C1CCCCC1)C(C)(C)C)C(=O)C(=O)NC1CC1.CN(C)C(=O)[C@@H](NC(=O)CNC(=O)C(=O)C(CC1CC1)NC(=O)[C@@H]1[C@H]2CC(C)(C)O[C@H]2CN1C(=O)[C@@H](NC(=O)OC(C)(C)C)C1CCCCC1)c1ccccc1. The first-order chi connectivity index (χ1) is 70.2. The summed E-state index contributed by atoms with van der Waals surface area (Å²) in [5, 5.41) is 30.4. The van der Waals surface area contributed by atoms with E-state index >= 15 is 0 Å². The molecule has 16 amide bonds. The second-order valence-corrected chi connectivity index (χ2v) is 47.3. The highest BCUT2D eigenvalue weighted by molar-refractivity contribution is 6.39. The van der Waals surface area contributed by atoms with Crippen molar-refractivity contribution in [3.8, 4) is 0 Å². The molecule has 40 heteroatoms. The van der Waals surface area contributed by atoms with Gasteiger partial charge in [0.05, 0.1) is 48.7 Å². The molecule has 4 saturated heterocycles. The van der Waals surface area contributed by atoms with E-state index in [-0.39, 0.29) is 90.0 Å². The summed E-state index contributed by atoms with van der Waals surface area (Å²) in [6, 6.07) is -3.70. The number of carbonyl (C=O) groups excluding carboxylic acids is 19. The van der Waals surface area contributed by atoms with Gasteiger partial charge in [-0.1, -0.05) is 195 Å². The fraction of sp³-hybridized carbons (Fsp3) is 0.734. The lowest BCUT2D eigenvalue weighted by Gasteiger charge is -2.38. The summed E-state index contributed by atoms with van der Waals surface area (Å²) >= 11 is 0. The number of alkyl carbamates (subject to hydrolysis) is 1. The maximum Gasteiger partial charge on any atom is 0.408 e. The molecule has 1 aromatic carbocycles. The molecule has 0 bridgehead atoms. The molecule has 5 heterocycles. The molecule has 2 aromatic rings. The molecule has 149 heavy (non-hydrogen) atoms. The summed E-state index contributed by atoms with van der Waals surface area (Å²) in [5.74, 6) is -10.8. The minimum absolute atomic E-state index is 0.0132. The van der Waals surface area contributed by atoms with E-state index in [4.69, 9.17) is 19.9 Å². The van der Waals surface area contributed by atoms with Gasteiger partial charge in [0.2, 0.25) is 70.5 Å². The number of hydrogen-bond donors (Lipinski definition) is 12. The topological polar surface area (TPSA) is 549 Å². The zero-order valence-electron chi connectivity index (χ0n) is 90.9. The maximum absolute atomic E-state index is 14.6. The number of rotatable bonds is 40. The van der Waals surface area contributed by atoms with Gasteiger partial charge in [-0.3, -0.25) is 81.7 Å². The van der Waals surface area contributed by atoms with Crippen LogP contribution in [0.2, 0.25) is 0 Å². The Kier molecular flexibility index (Phi) is 43.1. The Morgan fingerprint density at radius 2 is 1.13 bits per heavy atom. The summed E-state index contributed by atoms with van der Waals surface area (Å²) < 4.78 is 17.2. The molecular weight excluding hydrogens is 1910 g/mol. The molecular formula is C109H168N18O22. The number of urea groups is 1. The van der Waals surface area contributed by atoms with Crippen LogP contribution in [0.3, 0.4) is 0 Å². The van der Waals surface area contributed by atoms with Gasteiger partial charge in [0.25, 0.3) is 23.6 Å². The molecule has 10 aliphatic rings. The van der Waals surface area contributed by atoms with Crippen molar-refractivity contribution in [1.29, 1.82) is 0 Å². The second kappa shape index (κ2) is 53.9. The molecule has 6 saturated carbocycles. The Balaban J connectivity index is 0.000000230. The van der Waals surface area contributed by atoms with Gasteiger partial charge in [-0.25, -0.2) is 19.4 Å². The van der Waals surface area contributed by atoms with Gasteiger partial charge in [0.15, 0.2) is 0 Å². The van der Waals surface area contributed by atoms with Gasteiger partial charge < -0.3 is 98.0 Å². The number of hydrogen-bond acceptors (Lipinski definition) is 24. The van der Waals surface area contributed by atoms with E-state index < -0.39 is 208 Å². The van der Waals surface area contributed by atoms with Crippen LogP contribution in [0.4, 0.5) is 9.59 Å². The standard InChI is InChI=1S/C41H60N6O9.C36H53N7O6.C32H55N5O7/c1-40(2,3)56-39(54)45-32(26-16-12-9-13-17-26)38(53)47-23-29-27(21-41(4,5)55-29)33(47)35(50)43-28(20-24-18-19-24)34(49)36(51)42-22-30(48)44-31(37(52)46(6)7)25-14-10-8-11-15-25;1-5-10-25(29(44)34(48)39-23-15-16-23)40-33(47)28-24-14-9-13-22(24)20-43(28)35(49)30(36(2,3)4)42-32(46)27(21-11-7-6-8-12-21)41-31(45)26-19-37-17-18-38-26;1-19(2)17-24(28(40)34-23(25(38)27(33)39)18-21-13-12-14-21)37-16-11-9-8-10-15-22(29(37)41)35-31(43)36-26(32(5,6)7)30(42)44-20(3)4/h8,10-11,14-15,24,26-29,31-33H,9,12-13,16-23H2,1-7H3,(H,42,51)(H,43,50)(H,44,48)(H,45,54);17-19,21-25,27-28,30H,5-16,20H2,1-4H3,(H,39,48)(H,40,47)(H,41,45)(H,42,46);19-24,26H,8-18H2,1-7H3,(H2,33,39)(H,34,40)(H2,35,36,43)/t27-,28?,29-,31-,32-,33-;22-,24-,25-,27-,28-,30+;22-,23?,24-,26+/m000/s1. The summed E-state index contributed by atoms with van der Waals surface area (Å²) in [4.78, 5) is 269. The number of Topliss-reactive ketones (excluding diaryl/α,β-unsaturated/α-hetero) is 3. The van der Waals surface area contributed by atoms with Crippen LogP contribution in [0.15, 0.2) is 48.9 Å². The fourth-order valence-electron chi connectivity index (χ4n) is 21.8. The summed E-state index contributed by atoms with van der Waals surface area (Å²) in [6.45, 7) is 29.6. The Morgan fingerprint density at radius 3 is 1.69 bits per heavy atom. The number of fused-ring (bicyclic) bond motifs is 2. The molecule has 0 radical (unpaired) electrons. The number of esters is 1. The number of nitrogens with two attached hydrogens (primary N) is 1. The summed E-state index contributed by atoms with van der Waals surface area (Å²) in [7, 11) is 3.13. The van der Waals surface area contributed by atoms with E-state index in [2.05, 4.69) is 68.5 Å². The lowest BCUT2D eigenvalue weighted by molar-refractivity contribution is -0.152. The number of aromatic nitrogens is 2. The van der Waals surface area contributed by atoms with Crippen molar-refractivity contribution >= 4 is 112 Å². The van der Waals surface area contributed by atoms with Crippen molar-refractivity contribution in [3.05, 3.63) is 60.2 Å². The molecule has 2 unspecified atom stereocenters. The van der Waals surface area contributed by atoms with Crippen molar-refractivity contribution in [2.75, 3.05) is 40.3 Å². The third-order valence-corrected chi connectivity index (χ3v) is 30.0. The number of ketones is 3. The lowest BCUT2D eigenvalue weighted by Crippen LogP contribution is -2.62. The van der Waals surface area contributed by atoms with E-state index in [1.165, 1.54) is 33.3 Å². The molecule has 13 N–H and O–H groups in total. The van der Waals surface area contributed by atoms with Crippen LogP contribution in [-0.4, -0.2) is 278 Å². The molecule has 1 aromatic heterocycles. The Bertz CT molecular complexity index is 5010. The minimum Gasteiger partial charge on any atom is -0.461 e. The number of amides is 16. The molecule has 826 valence electrons. The van der Waals surface area contributed by atoms with Crippen molar-refractivity contribution in [2.45, 2.75) is 412 Å². The first-order valence-corrected chi connectivity index (χ1v) is 54.4. The van der Waals surface area contributed by atoms with Crippen molar-refractivity contribution in [3.63, 3.8) is 0 Å². The normalized spacial score (nSPS) is 22.8. The minimum atomic E-state index is -1.20. The van der Waals surface area contributed by atoms with Gasteiger partial charge in [0, 0.05) is 58.1 Å². The first-order valence-electron chi connectivity index (χ1n) is 54.4. The number of nitrogens with zero attached hydrogens (tertiary/aromatic N) is 6. The smallest absolute Gasteiger partial charge is 0.408 e. The average molecular weight is 2080 g/mol. The Labute approximate surface area is 877 Å². The zero-order valence-corrected chi connectivity index (χ0v) is 90.9. The third-order valence-electron chi connectivity index (χ3n) is 30.0. The van der Waals surface area contributed by atoms with Crippen LogP contribution in [0.5, 0.6) is 0 Å². The highest BCUT2D eigenvalue weighted by Gasteiger charge is 2.59. The maximum atomic E-state index is 14.6. The summed E-state index contributed by atoms with van der Waals surface area (Å²) in [6.07, 6.45) is 26.0. The van der Waals surface area contributed by atoms with E-state index in [1.807, 2.05) is 76.2 Å². The fourth-order valence-corrected chi connectivity index (χ4v) is 21.8. The number of primary amides is 1. The highest BCUT2D eigenvalue weighted by Crippen LogP contribution is 2.47. The largest absolute Gasteiger partial charge is 0.461 e. The lowest BCUT2D eigenvalue weighted by atomic mass is 9.80. The van der Waals surface area contributed by atoms with Crippen LogP contribution in [0.25, 0.3) is 0 Å². The molecule has 40 nitrogen and oxygen atoms in total. The monoisotopic (exact) mass is 2080 g/mol. The van der Waals surface area contributed by atoms with Crippen LogP contribution in [-0.2, 0) is 90.9 Å². The van der Waals surface area contributed by atoms with Crippen LogP contribution in [0, 0.1) is 58.2 Å². The van der Waals surface area contributed by atoms with Gasteiger partial charge in [0.1, 0.15) is 65.7 Å². The number of ether oxygens (including phenoxy) is 3. The van der Waals surface area contributed by atoms with Gasteiger partial charge >= 0.3 is 18.1 Å². The molecule has 10 fully saturated rings. The number of carbonyl (C=O) groups is 19. The molecule has 0 spiro atoms. The van der Waals surface area contributed by atoms with Crippen molar-refractivity contribution in [1.82, 2.24) is 88.1 Å². The molecule has 6 aliphatic carbocycles. The predicted octanol–water partition coefficient (Wildman–Crippen LogP) is 8.17. The van der Waals surface area contributed by atoms with Crippen LogP contribution >= 0.6 is 0 Å². The first kappa shape index (κ1) is 119. The van der Waals surface area contributed by atoms with E-state index in [9.17, 15) is 91.1 Å². The predicted molar refractivity (Wildman–Crippen MR) is 552 cm³/mol. The number of benzene rings is 1. The second-order valence-electron chi connectivity index (χ2n) is 47.3. The van der Waals surface area contributed by atoms with Gasteiger partial charge in [-0.15, -0.1) is 0 Å². The highest BCUT2D eigenvalue weighted by atomic mass is 16.6. The average Bonchev–Trinajstić information content (AvgIpc) is 1.60. The Hall–Kier alpha value is -11.6. The quantitative estimate of drug-likeness (QED) is 0.0221. The zero-order chi connectivity index (χ0) is 109. The molecule has 16 atom stereocenters. The molecule has 4 aliphatic heterocycles. The van der Waals surface area contributed by atoms with Gasteiger partial charge in [-0.2, -0.15) is 0 Å². The third kappa shape index (κ3) is 34.7. The summed E-state index contributed by atoms with van der Waals surface area (Å²) in [5.41, 5.74) is 3.23.